The zero-order chi connectivity index (χ0) is 22.8. The van der Waals surface area contributed by atoms with Gasteiger partial charge in [0.15, 0.2) is 11.6 Å². The maximum absolute atomic E-state index is 14.1. The second-order valence-corrected chi connectivity index (χ2v) is 9.21. The topological polar surface area (TPSA) is 99.2 Å². The van der Waals surface area contributed by atoms with Gasteiger partial charge in [0.2, 0.25) is 0 Å². The Morgan fingerprint density at radius 1 is 1.41 bits per heavy atom. The van der Waals surface area contributed by atoms with Gasteiger partial charge in [-0.3, -0.25) is 4.79 Å². The van der Waals surface area contributed by atoms with Crippen LogP contribution in [0.3, 0.4) is 0 Å². The Bertz CT molecular complexity index is 1130. The summed E-state index contributed by atoms with van der Waals surface area (Å²) in [6.45, 7) is 2.04. The van der Waals surface area contributed by atoms with Crippen LogP contribution < -0.4 is 10.5 Å². The lowest BCUT2D eigenvalue weighted by Crippen LogP contribution is -2.28. The van der Waals surface area contributed by atoms with E-state index in [2.05, 4.69) is 37.9 Å². The second kappa shape index (κ2) is 9.39. The zero-order valence-electron chi connectivity index (χ0n) is 17.8. The van der Waals surface area contributed by atoms with E-state index in [-0.39, 0.29) is 11.7 Å². The van der Waals surface area contributed by atoms with Crippen molar-refractivity contribution in [3.63, 3.8) is 0 Å². The van der Waals surface area contributed by atoms with Gasteiger partial charge < -0.3 is 15.4 Å². The first kappa shape index (κ1) is 22.4. The first-order chi connectivity index (χ1) is 15.3. The van der Waals surface area contributed by atoms with Crippen molar-refractivity contribution in [2.24, 2.45) is 0 Å². The third-order valence-electron chi connectivity index (χ3n) is 5.59. The number of hydrogen-bond acceptors (Lipinski definition) is 6. The molecule has 1 saturated carbocycles. The van der Waals surface area contributed by atoms with Crippen LogP contribution in [0.1, 0.15) is 59.9 Å². The van der Waals surface area contributed by atoms with Gasteiger partial charge in [-0.25, -0.2) is 14.1 Å². The predicted octanol–water partition coefficient (Wildman–Crippen LogP) is 4.14. The summed E-state index contributed by atoms with van der Waals surface area (Å²) in [6.07, 6.45) is 6.30. The quantitative estimate of drug-likeness (QED) is 0.445. The van der Waals surface area contributed by atoms with E-state index in [4.69, 9.17) is 10.5 Å². The number of pyridine rings is 1. The van der Waals surface area contributed by atoms with E-state index in [1.54, 1.807) is 31.1 Å². The Labute approximate surface area is 199 Å². The SMILES string of the molecule is C[C@@H](Oc1cc(I)cnc1N)c1cc(F)ccc1C(=O)N(C)Cc1cn(C2CCC2)nn1. The number of carbonyl (C=O) groups is 1. The van der Waals surface area contributed by atoms with Crippen LogP contribution >= 0.6 is 22.6 Å². The molecule has 2 heterocycles. The molecular weight excluding hydrogens is 526 g/mol. The number of hydrogen-bond donors (Lipinski definition) is 1. The number of ether oxygens (including phenoxy) is 1. The van der Waals surface area contributed by atoms with Gasteiger partial charge in [0.25, 0.3) is 5.91 Å². The lowest BCUT2D eigenvalue weighted by molar-refractivity contribution is 0.0778. The van der Waals surface area contributed by atoms with Crippen LogP contribution in [0.4, 0.5) is 10.2 Å². The average Bonchev–Trinajstić information content (AvgIpc) is 3.16. The smallest absolute Gasteiger partial charge is 0.254 e. The van der Waals surface area contributed by atoms with Crippen LogP contribution in [0, 0.1) is 9.39 Å². The van der Waals surface area contributed by atoms with Gasteiger partial charge in [-0.2, -0.15) is 0 Å². The number of carbonyl (C=O) groups excluding carboxylic acids is 1. The number of nitrogens with two attached hydrogens (primary N) is 1. The summed E-state index contributed by atoms with van der Waals surface area (Å²) >= 11 is 2.11. The molecule has 1 fully saturated rings. The molecular formula is C22H24FIN6O2. The predicted molar refractivity (Wildman–Crippen MR) is 126 cm³/mol. The highest BCUT2D eigenvalue weighted by Crippen LogP contribution is 2.31. The maximum atomic E-state index is 14.1. The molecule has 0 bridgehead atoms. The molecule has 3 aromatic rings. The van der Waals surface area contributed by atoms with Crippen LogP contribution in [0.15, 0.2) is 36.7 Å². The van der Waals surface area contributed by atoms with Crippen molar-refractivity contribution in [1.29, 1.82) is 0 Å². The normalized spacial score (nSPS) is 14.6. The average molecular weight is 550 g/mol. The van der Waals surface area contributed by atoms with Gasteiger partial charge in [-0.1, -0.05) is 5.21 Å². The Kier molecular flexibility index (Phi) is 6.58. The van der Waals surface area contributed by atoms with E-state index in [1.807, 2.05) is 10.9 Å². The number of halogens is 2. The van der Waals surface area contributed by atoms with E-state index in [0.29, 0.717) is 35.2 Å². The van der Waals surface area contributed by atoms with Gasteiger partial charge in [0.05, 0.1) is 18.8 Å². The van der Waals surface area contributed by atoms with Crippen molar-refractivity contribution in [1.82, 2.24) is 24.9 Å². The molecule has 4 rings (SSSR count). The summed E-state index contributed by atoms with van der Waals surface area (Å²) in [4.78, 5) is 18.8. The van der Waals surface area contributed by atoms with Gasteiger partial charge in [-0.15, -0.1) is 5.10 Å². The molecule has 1 atom stereocenters. The van der Waals surface area contributed by atoms with Crippen LogP contribution in [0.5, 0.6) is 5.75 Å². The van der Waals surface area contributed by atoms with Crippen LogP contribution in [-0.2, 0) is 6.54 Å². The van der Waals surface area contributed by atoms with Crippen molar-refractivity contribution in [3.8, 4) is 5.75 Å². The standard InChI is InChI=1S/C22H24FIN6O2/c1-13(32-20-9-15(24)10-26-21(20)25)19-8-14(23)6-7-18(19)22(31)29(2)11-16-12-30(28-27-16)17-4-3-5-17/h6-10,12-13,17H,3-5,11H2,1-2H3,(H2,25,26)/t13-/m1/s1. The van der Waals surface area contributed by atoms with E-state index in [0.717, 1.165) is 16.4 Å². The van der Waals surface area contributed by atoms with Gasteiger partial charge in [0.1, 0.15) is 17.6 Å². The summed E-state index contributed by atoms with van der Waals surface area (Å²) in [6, 6.07) is 6.21. The molecule has 2 aromatic heterocycles. The maximum Gasteiger partial charge on any atom is 0.254 e. The van der Waals surface area contributed by atoms with E-state index in [9.17, 15) is 9.18 Å². The molecule has 1 aliphatic rings. The molecule has 32 heavy (non-hydrogen) atoms. The highest BCUT2D eigenvalue weighted by Gasteiger charge is 2.24. The molecule has 1 amide bonds. The van der Waals surface area contributed by atoms with E-state index in [1.165, 1.54) is 24.6 Å². The Hall–Kier alpha value is -2.76. The number of nitrogen functional groups attached to an aromatic ring is 1. The molecule has 1 aromatic carbocycles. The third-order valence-corrected chi connectivity index (χ3v) is 6.18. The number of aromatic nitrogens is 4. The molecule has 168 valence electrons. The molecule has 0 saturated heterocycles. The Balaban J connectivity index is 1.53. The Morgan fingerprint density at radius 2 is 2.19 bits per heavy atom. The molecule has 8 nitrogen and oxygen atoms in total. The van der Waals surface area contributed by atoms with Crippen molar-refractivity contribution in [2.45, 2.75) is 44.9 Å². The van der Waals surface area contributed by atoms with Crippen molar-refractivity contribution in [3.05, 3.63) is 62.9 Å². The monoisotopic (exact) mass is 550 g/mol. The molecule has 2 N–H and O–H groups in total. The number of rotatable bonds is 7. The van der Waals surface area contributed by atoms with Gasteiger partial charge >= 0.3 is 0 Å². The zero-order valence-corrected chi connectivity index (χ0v) is 20.0. The highest BCUT2D eigenvalue weighted by atomic mass is 127. The number of benzene rings is 1. The third kappa shape index (κ3) is 4.84. The summed E-state index contributed by atoms with van der Waals surface area (Å²) < 4.78 is 22.7. The van der Waals surface area contributed by atoms with Gasteiger partial charge in [-0.05, 0) is 73.0 Å². The lowest BCUT2D eigenvalue weighted by atomic mass is 9.93. The van der Waals surface area contributed by atoms with Crippen LogP contribution in [-0.4, -0.2) is 37.8 Å². The van der Waals surface area contributed by atoms with Crippen molar-refractivity contribution < 1.29 is 13.9 Å². The number of anilines is 1. The second-order valence-electron chi connectivity index (χ2n) is 7.96. The fraction of sp³-hybridized carbons (Fsp3) is 0.364. The molecule has 1 aliphatic carbocycles. The number of nitrogens with zero attached hydrogens (tertiary/aromatic N) is 5. The first-order valence-corrected chi connectivity index (χ1v) is 11.4. The summed E-state index contributed by atoms with van der Waals surface area (Å²) in [5.41, 5.74) is 7.40. The Morgan fingerprint density at radius 3 is 2.91 bits per heavy atom. The van der Waals surface area contributed by atoms with E-state index < -0.39 is 11.9 Å². The molecule has 0 spiro atoms. The van der Waals surface area contributed by atoms with Gasteiger partial charge in [0, 0.05) is 27.9 Å². The fourth-order valence-corrected chi connectivity index (χ4v) is 4.00. The van der Waals surface area contributed by atoms with Crippen molar-refractivity contribution >= 4 is 34.3 Å². The van der Waals surface area contributed by atoms with Crippen molar-refractivity contribution in [2.75, 3.05) is 12.8 Å². The minimum absolute atomic E-state index is 0.230. The van der Waals surface area contributed by atoms with Crippen LogP contribution in [0.25, 0.3) is 0 Å². The minimum atomic E-state index is -0.625. The molecule has 0 radical (unpaired) electrons. The highest BCUT2D eigenvalue weighted by molar-refractivity contribution is 14.1. The first-order valence-electron chi connectivity index (χ1n) is 10.3. The number of amides is 1. The summed E-state index contributed by atoms with van der Waals surface area (Å²) in [5, 5.41) is 8.38. The molecule has 10 heteroatoms. The summed E-state index contributed by atoms with van der Waals surface area (Å²) in [7, 11) is 1.69. The summed E-state index contributed by atoms with van der Waals surface area (Å²) in [5.74, 6) is -0.101. The molecule has 0 unspecified atom stereocenters. The largest absolute Gasteiger partial charge is 0.482 e. The lowest BCUT2D eigenvalue weighted by Gasteiger charge is -2.24. The minimum Gasteiger partial charge on any atom is -0.482 e. The molecule has 0 aliphatic heterocycles. The fourth-order valence-electron chi connectivity index (χ4n) is 3.58. The van der Waals surface area contributed by atoms with Crippen LogP contribution in [0.2, 0.25) is 0 Å². The van der Waals surface area contributed by atoms with E-state index >= 15 is 0 Å².